The summed E-state index contributed by atoms with van der Waals surface area (Å²) in [6.07, 6.45) is 0. The third-order valence-electron chi connectivity index (χ3n) is 4.85. The van der Waals surface area contributed by atoms with Crippen LogP contribution < -0.4 is 9.64 Å². The molecule has 1 aliphatic heterocycles. The number of anilines is 1. The fourth-order valence-corrected chi connectivity index (χ4v) is 3.35. The molecule has 0 bridgehead atoms. The van der Waals surface area contributed by atoms with Gasteiger partial charge in [-0.2, -0.15) is 0 Å². The van der Waals surface area contributed by atoms with Crippen molar-refractivity contribution in [3.63, 3.8) is 0 Å². The molecule has 0 atom stereocenters. The number of amides is 2. The number of nitrogens with zero attached hydrogens (tertiary/aromatic N) is 2. The maximum absolute atomic E-state index is 12.9. The molecule has 3 aromatic rings. The Kier molecular flexibility index (Phi) is 5.07. The second-order valence-corrected chi connectivity index (χ2v) is 6.93. The zero-order valence-corrected chi connectivity index (χ0v) is 16.6. The topological polar surface area (TPSA) is 124 Å². The minimum absolute atomic E-state index is 0.0758. The molecule has 0 spiro atoms. The Balaban J connectivity index is 1.62. The van der Waals surface area contributed by atoms with Gasteiger partial charge < -0.3 is 4.74 Å². The number of benzene rings is 3. The molecule has 0 N–H and O–H groups in total. The van der Waals surface area contributed by atoms with E-state index in [1.54, 1.807) is 0 Å². The summed E-state index contributed by atoms with van der Waals surface area (Å²) in [7, 11) is 0. The van der Waals surface area contributed by atoms with E-state index < -0.39 is 28.5 Å². The smallest absolute Gasteiger partial charge is 0.308 e. The zero-order chi connectivity index (χ0) is 23.0. The normalized spacial score (nSPS) is 12.5. The SMILES string of the molecule is CC(=O)Oc1ccc(N2C(=O)c3ccc(C(=O)c4ccc([N+](=O)[O-])cc4)cc3C2=O)cc1. The van der Waals surface area contributed by atoms with Crippen molar-refractivity contribution in [3.05, 3.63) is 99.1 Å². The Morgan fingerprint density at radius 3 is 2.03 bits per heavy atom. The van der Waals surface area contributed by atoms with E-state index in [1.165, 1.54) is 73.7 Å². The van der Waals surface area contributed by atoms with E-state index >= 15 is 0 Å². The van der Waals surface area contributed by atoms with E-state index in [-0.39, 0.29) is 39.4 Å². The summed E-state index contributed by atoms with van der Waals surface area (Å²) in [5, 5.41) is 10.8. The number of carbonyl (C=O) groups excluding carboxylic acids is 4. The first-order valence-electron chi connectivity index (χ1n) is 9.37. The van der Waals surface area contributed by atoms with Crippen molar-refractivity contribution in [2.45, 2.75) is 6.92 Å². The van der Waals surface area contributed by atoms with Gasteiger partial charge in [-0.05, 0) is 48.5 Å². The van der Waals surface area contributed by atoms with Crippen LogP contribution in [0.1, 0.15) is 43.6 Å². The number of nitro groups is 1. The van der Waals surface area contributed by atoms with Gasteiger partial charge in [-0.15, -0.1) is 0 Å². The van der Waals surface area contributed by atoms with Crippen molar-refractivity contribution in [1.82, 2.24) is 0 Å². The fraction of sp³-hybridized carbons (Fsp3) is 0.0435. The van der Waals surface area contributed by atoms with Crippen LogP contribution in [0.15, 0.2) is 66.7 Å². The molecule has 0 saturated heterocycles. The summed E-state index contributed by atoms with van der Waals surface area (Å²) in [4.78, 5) is 60.7. The second-order valence-electron chi connectivity index (χ2n) is 6.93. The predicted molar refractivity (Wildman–Crippen MR) is 112 cm³/mol. The summed E-state index contributed by atoms with van der Waals surface area (Å²) in [5.74, 6) is -1.80. The minimum Gasteiger partial charge on any atom is -0.427 e. The van der Waals surface area contributed by atoms with Crippen LogP contribution in [0.5, 0.6) is 5.75 Å². The number of carbonyl (C=O) groups is 4. The Hall–Kier alpha value is -4.66. The number of hydrogen-bond acceptors (Lipinski definition) is 7. The van der Waals surface area contributed by atoms with Crippen molar-refractivity contribution >= 4 is 34.9 Å². The molecule has 0 radical (unpaired) electrons. The van der Waals surface area contributed by atoms with Crippen LogP contribution in [0, 0.1) is 10.1 Å². The van der Waals surface area contributed by atoms with E-state index in [0.29, 0.717) is 0 Å². The molecule has 9 nitrogen and oxygen atoms in total. The number of ketones is 1. The van der Waals surface area contributed by atoms with Crippen LogP contribution >= 0.6 is 0 Å². The van der Waals surface area contributed by atoms with Crippen molar-refractivity contribution in [2.24, 2.45) is 0 Å². The number of fused-ring (bicyclic) bond motifs is 1. The summed E-state index contributed by atoms with van der Waals surface area (Å²) >= 11 is 0. The second kappa shape index (κ2) is 7.88. The zero-order valence-electron chi connectivity index (χ0n) is 16.6. The minimum atomic E-state index is -0.594. The van der Waals surface area contributed by atoms with Crippen LogP contribution in [0.2, 0.25) is 0 Å². The molecule has 0 aromatic heterocycles. The number of hydrogen-bond donors (Lipinski definition) is 0. The Morgan fingerprint density at radius 2 is 1.44 bits per heavy atom. The Bertz CT molecular complexity index is 1290. The molecule has 32 heavy (non-hydrogen) atoms. The molecule has 158 valence electrons. The lowest BCUT2D eigenvalue weighted by molar-refractivity contribution is -0.384. The van der Waals surface area contributed by atoms with Gasteiger partial charge in [-0.1, -0.05) is 6.07 Å². The fourth-order valence-electron chi connectivity index (χ4n) is 3.35. The maximum Gasteiger partial charge on any atom is 0.308 e. The molecule has 0 fully saturated rings. The summed E-state index contributed by atoms with van der Waals surface area (Å²) in [6, 6.07) is 15.1. The Morgan fingerprint density at radius 1 is 0.844 bits per heavy atom. The molecule has 3 aromatic carbocycles. The van der Waals surface area contributed by atoms with Gasteiger partial charge in [0.05, 0.1) is 21.7 Å². The molecule has 0 aliphatic carbocycles. The van der Waals surface area contributed by atoms with Crippen LogP contribution in [0.25, 0.3) is 0 Å². The molecule has 0 saturated carbocycles. The van der Waals surface area contributed by atoms with E-state index in [9.17, 15) is 29.3 Å². The largest absolute Gasteiger partial charge is 0.427 e. The third-order valence-corrected chi connectivity index (χ3v) is 4.85. The van der Waals surface area contributed by atoms with E-state index in [2.05, 4.69) is 0 Å². The van der Waals surface area contributed by atoms with Crippen molar-refractivity contribution in [1.29, 1.82) is 0 Å². The van der Waals surface area contributed by atoms with Gasteiger partial charge in [-0.3, -0.25) is 29.3 Å². The average Bonchev–Trinajstić information content (AvgIpc) is 3.03. The summed E-state index contributed by atoms with van der Waals surface area (Å²) in [5.41, 5.74) is 0.754. The summed E-state index contributed by atoms with van der Waals surface area (Å²) < 4.78 is 4.95. The van der Waals surface area contributed by atoms with Gasteiger partial charge in [0.1, 0.15) is 5.75 Å². The van der Waals surface area contributed by atoms with Crippen molar-refractivity contribution in [3.8, 4) is 5.75 Å². The highest BCUT2D eigenvalue weighted by Crippen LogP contribution is 2.31. The van der Waals surface area contributed by atoms with E-state index in [1.807, 2.05) is 0 Å². The van der Waals surface area contributed by atoms with Gasteiger partial charge in [0, 0.05) is 30.2 Å². The molecule has 1 aliphatic rings. The highest BCUT2D eigenvalue weighted by molar-refractivity contribution is 6.34. The third kappa shape index (κ3) is 3.63. The number of imide groups is 1. The quantitative estimate of drug-likeness (QED) is 0.151. The molecular weight excluding hydrogens is 416 g/mol. The standard InChI is InChI=1S/C23H14N2O7/c1-13(26)32-18-9-7-16(8-10-18)24-22(28)19-11-4-15(12-20(19)23(24)29)21(27)14-2-5-17(6-3-14)25(30)31/h2-12H,1H3. The van der Waals surface area contributed by atoms with Gasteiger partial charge >= 0.3 is 5.97 Å². The van der Waals surface area contributed by atoms with E-state index in [0.717, 1.165) is 4.90 Å². The highest BCUT2D eigenvalue weighted by Gasteiger charge is 2.37. The highest BCUT2D eigenvalue weighted by atomic mass is 16.6. The van der Waals surface area contributed by atoms with Crippen LogP contribution in [0.3, 0.4) is 0 Å². The number of non-ortho nitro benzene ring substituents is 1. The van der Waals surface area contributed by atoms with E-state index in [4.69, 9.17) is 4.74 Å². The molecule has 4 rings (SSSR count). The first-order valence-corrected chi connectivity index (χ1v) is 9.37. The first-order chi connectivity index (χ1) is 15.3. The molecule has 2 amide bonds. The number of esters is 1. The lowest BCUT2D eigenvalue weighted by Crippen LogP contribution is -2.29. The van der Waals surface area contributed by atoms with Crippen LogP contribution in [-0.2, 0) is 4.79 Å². The number of rotatable bonds is 5. The summed E-state index contributed by atoms with van der Waals surface area (Å²) in [6.45, 7) is 1.26. The molecule has 0 unspecified atom stereocenters. The van der Waals surface area contributed by atoms with Crippen LogP contribution in [-0.4, -0.2) is 28.5 Å². The lowest BCUT2D eigenvalue weighted by atomic mass is 9.99. The van der Waals surface area contributed by atoms with Gasteiger partial charge in [0.25, 0.3) is 17.5 Å². The van der Waals surface area contributed by atoms with Gasteiger partial charge in [0.15, 0.2) is 5.78 Å². The van der Waals surface area contributed by atoms with Gasteiger partial charge in [-0.25, -0.2) is 4.90 Å². The van der Waals surface area contributed by atoms with Crippen molar-refractivity contribution < 1.29 is 28.8 Å². The van der Waals surface area contributed by atoms with Gasteiger partial charge in [0.2, 0.25) is 0 Å². The van der Waals surface area contributed by atoms with Crippen LogP contribution in [0.4, 0.5) is 11.4 Å². The van der Waals surface area contributed by atoms with Crippen molar-refractivity contribution in [2.75, 3.05) is 4.90 Å². The predicted octanol–water partition coefficient (Wildman–Crippen LogP) is 3.55. The molecular formula is C23H14N2O7. The molecule has 1 heterocycles. The molecule has 9 heteroatoms. The lowest BCUT2D eigenvalue weighted by Gasteiger charge is -2.14. The number of nitro benzene ring substituents is 1. The monoisotopic (exact) mass is 430 g/mol. The maximum atomic E-state index is 12.9. The first kappa shape index (κ1) is 20.6. The average molecular weight is 430 g/mol. The number of ether oxygens (including phenoxy) is 1. The Labute approximate surface area is 181 Å².